The van der Waals surface area contributed by atoms with E-state index in [-0.39, 0.29) is 11.8 Å². The van der Waals surface area contributed by atoms with Gasteiger partial charge in [-0.3, -0.25) is 10.1 Å². The zero-order valence-electron chi connectivity index (χ0n) is 9.20. The molecular weight excluding hydrogens is 220 g/mol. The van der Waals surface area contributed by atoms with E-state index < -0.39 is 4.92 Å². The summed E-state index contributed by atoms with van der Waals surface area (Å²) < 4.78 is 5.75. The Morgan fingerprint density at radius 1 is 1.29 bits per heavy atom. The molecule has 5 heteroatoms. The summed E-state index contributed by atoms with van der Waals surface area (Å²) in [7, 11) is 0. The third kappa shape index (κ3) is 1.77. The molecule has 2 unspecified atom stereocenters. The standard InChI is InChI=1S/C12H12N2O3/c15-14(16)9-6-4-8(5-7-9)12-13-10-2-1-3-11(10)17-12/h4-7,10-11H,1-3H2. The lowest BCUT2D eigenvalue weighted by Gasteiger charge is -2.08. The molecule has 0 amide bonds. The zero-order valence-corrected chi connectivity index (χ0v) is 9.20. The number of rotatable bonds is 2. The van der Waals surface area contributed by atoms with Gasteiger partial charge in [0.05, 0.1) is 11.0 Å². The number of nitro benzene ring substituents is 1. The number of aliphatic imine (C=N–C) groups is 1. The van der Waals surface area contributed by atoms with E-state index in [9.17, 15) is 10.1 Å². The smallest absolute Gasteiger partial charge is 0.269 e. The van der Waals surface area contributed by atoms with Crippen LogP contribution in [0.1, 0.15) is 24.8 Å². The number of nitro groups is 1. The van der Waals surface area contributed by atoms with Crippen molar-refractivity contribution in [3.63, 3.8) is 0 Å². The molecule has 1 aromatic carbocycles. The maximum absolute atomic E-state index is 10.5. The maximum Gasteiger partial charge on any atom is 0.269 e. The van der Waals surface area contributed by atoms with Crippen LogP contribution in [0.5, 0.6) is 0 Å². The fourth-order valence-corrected chi connectivity index (χ4v) is 2.38. The van der Waals surface area contributed by atoms with Crippen molar-refractivity contribution >= 4 is 11.6 Å². The third-order valence-corrected chi connectivity index (χ3v) is 3.29. The number of hydrogen-bond acceptors (Lipinski definition) is 4. The van der Waals surface area contributed by atoms with E-state index in [1.807, 2.05) is 0 Å². The Hall–Kier alpha value is -1.91. The molecule has 3 rings (SSSR count). The summed E-state index contributed by atoms with van der Waals surface area (Å²) in [5.41, 5.74) is 0.914. The van der Waals surface area contributed by atoms with Crippen molar-refractivity contribution in [2.45, 2.75) is 31.4 Å². The first-order valence-electron chi connectivity index (χ1n) is 5.73. The first-order valence-corrected chi connectivity index (χ1v) is 5.73. The monoisotopic (exact) mass is 232 g/mol. The molecule has 17 heavy (non-hydrogen) atoms. The van der Waals surface area contributed by atoms with Crippen LogP contribution in [0.15, 0.2) is 29.3 Å². The Morgan fingerprint density at radius 3 is 2.71 bits per heavy atom. The summed E-state index contributed by atoms with van der Waals surface area (Å²) in [4.78, 5) is 14.6. The molecule has 1 aromatic rings. The highest BCUT2D eigenvalue weighted by atomic mass is 16.6. The third-order valence-electron chi connectivity index (χ3n) is 3.29. The maximum atomic E-state index is 10.5. The second-order valence-electron chi connectivity index (χ2n) is 4.39. The van der Waals surface area contributed by atoms with Crippen molar-refractivity contribution < 1.29 is 9.66 Å². The van der Waals surface area contributed by atoms with Gasteiger partial charge in [0, 0.05) is 17.7 Å². The number of nitrogens with zero attached hydrogens (tertiary/aromatic N) is 2. The van der Waals surface area contributed by atoms with Gasteiger partial charge in [-0.2, -0.15) is 0 Å². The number of hydrogen-bond donors (Lipinski definition) is 0. The van der Waals surface area contributed by atoms with Crippen LogP contribution in [-0.2, 0) is 4.74 Å². The van der Waals surface area contributed by atoms with Gasteiger partial charge >= 0.3 is 0 Å². The molecule has 0 spiro atoms. The van der Waals surface area contributed by atoms with Gasteiger partial charge in [0.15, 0.2) is 0 Å². The highest BCUT2D eigenvalue weighted by Crippen LogP contribution is 2.31. The van der Waals surface area contributed by atoms with Crippen LogP contribution >= 0.6 is 0 Å². The Labute approximate surface area is 98.3 Å². The number of non-ortho nitro benzene ring substituents is 1. The Bertz CT molecular complexity index is 481. The molecule has 1 fully saturated rings. The highest BCUT2D eigenvalue weighted by Gasteiger charge is 2.35. The number of fused-ring (bicyclic) bond motifs is 1. The van der Waals surface area contributed by atoms with E-state index in [4.69, 9.17) is 4.74 Å². The summed E-state index contributed by atoms with van der Waals surface area (Å²) in [6.45, 7) is 0. The molecule has 1 aliphatic carbocycles. The molecule has 1 heterocycles. The molecule has 0 N–H and O–H groups in total. The first-order chi connectivity index (χ1) is 8.24. The molecule has 5 nitrogen and oxygen atoms in total. The molecule has 2 aliphatic rings. The Kier molecular flexibility index (Phi) is 2.31. The van der Waals surface area contributed by atoms with Crippen molar-refractivity contribution in [3.05, 3.63) is 39.9 Å². The average molecular weight is 232 g/mol. The van der Waals surface area contributed by atoms with Crippen LogP contribution in [-0.4, -0.2) is 23.0 Å². The summed E-state index contributed by atoms with van der Waals surface area (Å²) in [5, 5.41) is 10.5. The van der Waals surface area contributed by atoms with Gasteiger partial charge in [-0.25, -0.2) is 4.99 Å². The van der Waals surface area contributed by atoms with Crippen LogP contribution in [0.2, 0.25) is 0 Å². The molecule has 0 bridgehead atoms. The molecule has 0 aromatic heterocycles. The van der Waals surface area contributed by atoms with E-state index in [1.54, 1.807) is 12.1 Å². The van der Waals surface area contributed by atoms with Crippen molar-refractivity contribution in [2.75, 3.05) is 0 Å². The molecule has 1 aliphatic heterocycles. The van der Waals surface area contributed by atoms with Crippen LogP contribution in [0, 0.1) is 10.1 Å². The minimum absolute atomic E-state index is 0.0903. The van der Waals surface area contributed by atoms with Gasteiger partial charge in [-0.15, -0.1) is 0 Å². The molecule has 88 valence electrons. The molecule has 1 saturated carbocycles. The van der Waals surface area contributed by atoms with Crippen molar-refractivity contribution in [2.24, 2.45) is 4.99 Å². The minimum Gasteiger partial charge on any atom is -0.472 e. The molecular formula is C12H12N2O3. The number of benzene rings is 1. The second kappa shape index (κ2) is 3.84. The van der Waals surface area contributed by atoms with E-state index >= 15 is 0 Å². The Balaban J connectivity index is 1.83. The van der Waals surface area contributed by atoms with Crippen LogP contribution in [0.25, 0.3) is 0 Å². The zero-order chi connectivity index (χ0) is 11.8. The van der Waals surface area contributed by atoms with Crippen molar-refractivity contribution in [1.29, 1.82) is 0 Å². The van der Waals surface area contributed by atoms with Crippen molar-refractivity contribution in [3.8, 4) is 0 Å². The van der Waals surface area contributed by atoms with E-state index in [2.05, 4.69) is 4.99 Å². The van der Waals surface area contributed by atoms with Gasteiger partial charge in [-0.1, -0.05) is 0 Å². The fraction of sp³-hybridized carbons (Fsp3) is 0.417. The van der Waals surface area contributed by atoms with Crippen LogP contribution in [0.4, 0.5) is 5.69 Å². The van der Waals surface area contributed by atoms with Gasteiger partial charge in [0.2, 0.25) is 5.90 Å². The summed E-state index contributed by atoms with van der Waals surface area (Å²) in [6.07, 6.45) is 3.54. The largest absolute Gasteiger partial charge is 0.472 e. The van der Waals surface area contributed by atoms with E-state index in [1.165, 1.54) is 18.6 Å². The Morgan fingerprint density at radius 2 is 2.06 bits per heavy atom. The summed E-state index contributed by atoms with van der Waals surface area (Å²) in [5.74, 6) is 0.634. The highest BCUT2D eigenvalue weighted by molar-refractivity contribution is 5.95. The second-order valence-corrected chi connectivity index (χ2v) is 4.39. The number of ether oxygens (including phenoxy) is 1. The SMILES string of the molecule is O=[N+]([O-])c1ccc(C2=NC3CCCC3O2)cc1. The lowest BCUT2D eigenvalue weighted by atomic mass is 10.2. The van der Waals surface area contributed by atoms with Gasteiger partial charge < -0.3 is 4.74 Å². The first kappa shape index (κ1) is 10.3. The van der Waals surface area contributed by atoms with E-state index in [0.29, 0.717) is 11.9 Å². The lowest BCUT2D eigenvalue weighted by Crippen LogP contribution is -2.15. The predicted octanol–water partition coefficient (Wildman–Crippen LogP) is 2.29. The van der Waals surface area contributed by atoms with E-state index in [0.717, 1.165) is 18.4 Å². The molecule has 0 saturated heterocycles. The van der Waals surface area contributed by atoms with Crippen LogP contribution in [0.3, 0.4) is 0 Å². The summed E-state index contributed by atoms with van der Waals surface area (Å²) in [6, 6.07) is 6.64. The fourth-order valence-electron chi connectivity index (χ4n) is 2.38. The topological polar surface area (TPSA) is 64.7 Å². The van der Waals surface area contributed by atoms with Crippen LogP contribution < -0.4 is 0 Å². The van der Waals surface area contributed by atoms with Crippen molar-refractivity contribution in [1.82, 2.24) is 0 Å². The molecule has 2 atom stereocenters. The average Bonchev–Trinajstić information content (AvgIpc) is 2.89. The minimum atomic E-state index is -0.407. The molecule has 0 radical (unpaired) electrons. The quantitative estimate of drug-likeness (QED) is 0.580. The van der Waals surface area contributed by atoms with Gasteiger partial charge in [0.25, 0.3) is 5.69 Å². The lowest BCUT2D eigenvalue weighted by molar-refractivity contribution is -0.384. The predicted molar refractivity (Wildman–Crippen MR) is 62.1 cm³/mol. The van der Waals surface area contributed by atoms with Gasteiger partial charge in [0.1, 0.15) is 6.10 Å². The summed E-state index contributed by atoms with van der Waals surface area (Å²) >= 11 is 0. The van der Waals surface area contributed by atoms with Gasteiger partial charge in [-0.05, 0) is 31.4 Å². The normalized spacial score (nSPS) is 26.2.